The molecule has 122 valence electrons. The lowest BCUT2D eigenvalue weighted by atomic mass is 10.0. The van der Waals surface area contributed by atoms with Crippen LogP contribution in [0.4, 0.5) is 0 Å². The molecule has 3 rings (SSSR count). The average molecular weight is 315 g/mol. The summed E-state index contributed by atoms with van der Waals surface area (Å²) in [4.78, 5) is 13.7. The molecule has 1 unspecified atom stereocenters. The van der Waals surface area contributed by atoms with Crippen molar-refractivity contribution in [1.29, 1.82) is 0 Å². The number of para-hydroxylation sites is 1. The van der Waals surface area contributed by atoms with Crippen molar-refractivity contribution in [2.45, 2.75) is 19.9 Å². The van der Waals surface area contributed by atoms with E-state index in [-0.39, 0.29) is 11.9 Å². The van der Waals surface area contributed by atoms with Gasteiger partial charge < -0.3 is 14.7 Å². The molecule has 0 aliphatic carbocycles. The predicted molar refractivity (Wildman–Crippen MR) is 85.4 cm³/mol. The number of ether oxygens (including phenoxy) is 1. The van der Waals surface area contributed by atoms with E-state index in [1.54, 1.807) is 4.90 Å². The number of hydrogen-bond acceptors (Lipinski definition) is 4. The smallest absolute Gasteiger partial charge is 0.248 e. The van der Waals surface area contributed by atoms with Crippen LogP contribution in [0.3, 0.4) is 0 Å². The molecule has 0 spiro atoms. The number of aromatic nitrogens is 2. The summed E-state index contributed by atoms with van der Waals surface area (Å²) in [7, 11) is 0. The van der Waals surface area contributed by atoms with Crippen LogP contribution >= 0.6 is 0 Å². The zero-order valence-corrected chi connectivity index (χ0v) is 13.4. The second-order valence-corrected chi connectivity index (χ2v) is 5.67. The first-order valence-electron chi connectivity index (χ1n) is 7.73. The minimum atomic E-state index is -0.485. The van der Waals surface area contributed by atoms with Crippen molar-refractivity contribution < 1.29 is 14.6 Å². The highest BCUT2D eigenvalue weighted by molar-refractivity contribution is 5.78. The number of nitrogens with zero attached hydrogens (tertiary/aromatic N) is 3. The minimum absolute atomic E-state index is 0.208. The van der Waals surface area contributed by atoms with Gasteiger partial charge in [0.1, 0.15) is 6.61 Å². The molecule has 0 radical (unpaired) electrons. The van der Waals surface area contributed by atoms with Gasteiger partial charge in [0.15, 0.2) is 0 Å². The molecule has 2 aromatic rings. The van der Waals surface area contributed by atoms with E-state index in [9.17, 15) is 9.90 Å². The van der Waals surface area contributed by atoms with Crippen LogP contribution in [-0.4, -0.2) is 52.1 Å². The van der Waals surface area contributed by atoms with E-state index in [1.807, 2.05) is 48.9 Å². The van der Waals surface area contributed by atoms with Crippen molar-refractivity contribution >= 4 is 5.91 Å². The van der Waals surface area contributed by atoms with E-state index in [2.05, 4.69) is 5.10 Å². The molecule has 0 saturated carbocycles. The Kier molecular flexibility index (Phi) is 4.45. The van der Waals surface area contributed by atoms with Crippen molar-refractivity contribution in [3.05, 3.63) is 47.3 Å². The largest absolute Gasteiger partial charge is 0.387 e. The summed E-state index contributed by atoms with van der Waals surface area (Å²) < 4.78 is 7.46. The maximum absolute atomic E-state index is 12.0. The minimum Gasteiger partial charge on any atom is -0.387 e. The van der Waals surface area contributed by atoms with Crippen molar-refractivity contribution in [1.82, 2.24) is 14.7 Å². The Morgan fingerprint density at radius 3 is 2.78 bits per heavy atom. The Morgan fingerprint density at radius 1 is 1.35 bits per heavy atom. The quantitative estimate of drug-likeness (QED) is 0.929. The summed E-state index contributed by atoms with van der Waals surface area (Å²) in [5, 5.41) is 13.9. The molecule has 1 amide bonds. The third kappa shape index (κ3) is 2.87. The normalized spacial score (nSPS) is 18.2. The lowest BCUT2D eigenvalue weighted by Gasteiger charge is -2.35. The number of aliphatic hydroxyl groups is 1. The van der Waals surface area contributed by atoms with Crippen LogP contribution in [-0.2, 0) is 9.53 Å². The van der Waals surface area contributed by atoms with Gasteiger partial charge in [0.25, 0.3) is 0 Å². The molecule has 1 saturated heterocycles. The lowest BCUT2D eigenvalue weighted by molar-refractivity contribution is -0.143. The predicted octanol–water partition coefficient (Wildman–Crippen LogP) is 1.38. The number of carbonyl (C=O) groups excluding carboxylic acids is 1. The zero-order valence-electron chi connectivity index (χ0n) is 13.4. The Balaban J connectivity index is 2.02. The van der Waals surface area contributed by atoms with Gasteiger partial charge in [-0.1, -0.05) is 18.2 Å². The maximum atomic E-state index is 12.0. The number of carbonyl (C=O) groups is 1. The molecule has 1 aromatic carbocycles. The summed E-state index contributed by atoms with van der Waals surface area (Å²) in [5.74, 6) is -0.274. The van der Waals surface area contributed by atoms with Crippen LogP contribution in [0.5, 0.6) is 0 Å². The van der Waals surface area contributed by atoms with Gasteiger partial charge >= 0.3 is 0 Å². The molecule has 6 heteroatoms. The van der Waals surface area contributed by atoms with Gasteiger partial charge in [-0.15, -0.1) is 0 Å². The molecule has 1 atom stereocenters. The average Bonchev–Trinajstić information content (AvgIpc) is 2.89. The molecule has 1 aliphatic heterocycles. The highest BCUT2D eigenvalue weighted by Crippen LogP contribution is 2.30. The van der Waals surface area contributed by atoms with E-state index >= 15 is 0 Å². The number of rotatable bonds is 3. The molecular formula is C17H21N3O3. The van der Waals surface area contributed by atoms with Crippen molar-refractivity contribution in [2.75, 3.05) is 26.4 Å². The highest BCUT2D eigenvalue weighted by Gasteiger charge is 2.32. The number of hydrogen-bond donors (Lipinski definition) is 1. The zero-order chi connectivity index (χ0) is 16.4. The Labute approximate surface area is 135 Å². The standard InChI is InChI=1S/C17H21N3O3/c1-12-17(15-11-23-9-8-19(15)16(22)10-21)13(2)20(18-12)14-6-4-3-5-7-14/h3-7,15,21H,8-11H2,1-2H3. The van der Waals surface area contributed by atoms with Crippen molar-refractivity contribution in [3.63, 3.8) is 0 Å². The summed E-state index contributed by atoms with van der Waals surface area (Å²) >= 11 is 0. The van der Waals surface area contributed by atoms with E-state index in [0.29, 0.717) is 19.8 Å². The van der Waals surface area contributed by atoms with Gasteiger partial charge in [-0.2, -0.15) is 5.10 Å². The summed E-state index contributed by atoms with van der Waals surface area (Å²) in [5.41, 5.74) is 3.84. The van der Waals surface area contributed by atoms with Crippen LogP contribution < -0.4 is 0 Å². The van der Waals surface area contributed by atoms with Gasteiger partial charge in [-0.05, 0) is 26.0 Å². The number of aryl methyl sites for hydroxylation is 1. The van der Waals surface area contributed by atoms with Gasteiger partial charge in [0, 0.05) is 17.8 Å². The Hall–Kier alpha value is -2.18. The van der Waals surface area contributed by atoms with E-state index in [4.69, 9.17) is 4.74 Å². The van der Waals surface area contributed by atoms with Crippen molar-refractivity contribution in [3.8, 4) is 5.69 Å². The molecule has 0 bridgehead atoms. The first-order valence-corrected chi connectivity index (χ1v) is 7.73. The molecular weight excluding hydrogens is 294 g/mol. The van der Waals surface area contributed by atoms with Crippen LogP contribution in [0.15, 0.2) is 30.3 Å². The van der Waals surface area contributed by atoms with E-state index in [0.717, 1.165) is 22.6 Å². The fourth-order valence-electron chi connectivity index (χ4n) is 3.19. The topological polar surface area (TPSA) is 67.6 Å². The maximum Gasteiger partial charge on any atom is 0.248 e. The highest BCUT2D eigenvalue weighted by atomic mass is 16.5. The van der Waals surface area contributed by atoms with Gasteiger partial charge in [0.05, 0.1) is 30.6 Å². The second-order valence-electron chi connectivity index (χ2n) is 5.67. The van der Waals surface area contributed by atoms with Gasteiger partial charge in [-0.3, -0.25) is 4.79 Å². The third-order valence-corrected chi connectivity index (χ3v) is 4.27. The lowest BCUT2D eigenvalue weighted by Crippen LogP contribution is -2.45. The fraction of sp³-hybridized carbons (Fsp3) is 0.412. The number of aliphatic hydroxyl groups excluding tert-OH is 1. The summed E-state index contributed by atoms with van der Waals surface area (Å²) in [6.45, 7) is 4.86. The van der Waals surface area contributed by atoms with Gasteiger partial charge in [-0.25, -0.2) is 4.68 Å². The van der Waals surface area contributed by atoms with E-state index in [1.165, 1.54) is 0 Å². The number of morpholine rings is 1. The first kappa shape index (κ1) is 15.7. The molecule has 1 aromatic heterocycles. The molecule has 2 heterocycles. The fourth-order valence-corrected chi connectivity index (χ4v) is 3.19. The molecule has 6 nitrogen and oxygen atoms in total. The first-order chi connectivity index (χ1) is 11.1. The molecule has 23 heavy (non-hydrogen) atoms. The van der Waals surface area contributed by atoms with Crippen molar-refractivity contribution in [2.24, 2.45) is 0 Å². The summed E-state index contributed by atoms with van der Waals surface area (Å²) in [6, 6.07) is 9.69. The number of benzene rings is 1. The monoisotopic (exact) mass is 315 g/mol. The van der Waals surface area contributed by atoms with E-state index < -0.39 is 6.61 Å². The van der Waals surface area contributed by atoms with Crippen LogP contribution in [0, 0.1) is 13.8 Å². The van der Waals surface area contributed by atoms with Crippen LogP contribution in [0.1, 0.15) is 23.0 Å². The molecule has 1 N–H and O–H groups in total. The Bertz CT molecular complexity index is 697. The Morgan fingerprint density at radius 2 is 2.09 bits per heavy atom. The van der Waals surface area contributed by atoms with Gasteiger partial charge in [0.2, 0.25) is 5.91 Å². The number of amides is 1. The van der Waals surface area contributed by atoms with Crippen LogP contribution in [0.25, 0.3) is 5.69 Å². The molecule has 1 fully saturated rings. The summed E-state index contributed by atoms with van der Waals surface area (Å²) in [6.07, 6.45) is 0. The molecule has 1 aliphatic rings. The SMILES string of the molecule is Cc1nn(-c2ccccc2)c(C)c1C1COCCN1C(=O)CO. The third-order valence-electron chi connectivity index (χ3n) is 4.27. The van der Waals surface area contributed by atoms with Crippen LogP contribution in [0.2, 0.25) is 0 Å². The second kappa shape index (κ2) is 6.52.